The highest BCUT2D eigenvalue weighted by Crippen LogP contribution is 2.33. The molecule has 0 amide bonds. The van der Waals surface area contributed by atoms with Crippen LogP contribution in [0.4, 0.5) is 0 Å². The first-order valence-electron chi connectivity index (χ1n) is 6.39. The topological polar surface area (TPSA) is 46.2 Å². The molecule has 96 valence electrons. The number of nitrogens with two attached hydrogens (primary N) is 1. The van der Waals surface area contributed by atoms with Gasteiger partial charge in [0.15, 0.2) is 0 Å². The lowest BCUT2D eigenvalue weighted by atomic mass is 9.80. The van der Waals surface area contributed by atoms with E-state index >= 15 is 0 Å². The summed E-state index contributed by atoms with van der Waals surface area (Å²) < 4.78 is 0. The summed E-state index contributed by atoms with van der Waals surface area (Å²) in [4.78, 5) is 0. The van der Waals surface area contributed by atoms with E-state index in [0.29, 0.717) is 6.54 Å². The monoisotopic (exact) mass is 235 g/mol. The first-order chi connectivity index (χ1) is 7.91. The third kappa shape index (κ3) is 3.30. The molecule has 0 aliphatic heterocycles. The molecule has 0 aromatic heterocycles. The summed E-state index contributed by atoms with van der Waals surface area (Å²) in [6.45, 7) is 9.10. The summed E-state index contributed by atoms with van der Waals surface area (Å²) in [5.74, 6) is 0.137. The maximum atomic E-state index is 10.4. The molecule has 2 unspecified atom stereocenters. The summed E-state index contributed by atoms with van der Waals surface area (Å²) in [5, 5.41) is 10.4. The molecule has 0 aliphatic carbocycles. The van der Waals surface area contributed by atoms with Crippen molar-refractivity contribution in [1.82, 2.24) is 0 Å². The van der Waals surface area contributed by atoms with Crippen molar-refractivity contribution in [3.63, 3.8) is 0 Å². The zero-order valence-corrected chi connectivity index (χ0v) is 11.4. The van der Waals surface area contributed by atoms with Crippen LogP contribution in [0.1, 0.15) is 51.3 Å². The zero-order valence-electron chi connectivity index (χ0n) is 11.4. The molecule has 1 aromatic rings. The van der Waals surface area contributed by atoms with Crippen molar-refractivity contribution >= 4 is 0 Å². The molecule has 1 aromatic carbocycles. The standard InChI is InChI=1S/C15H25NO/c1-5-11(10-16)14(17)12-8-6-7-9-13(12)15(2,3)4/h6-9,11,14,17H,5,10,16H2,1-4H3. The van der Waals surface area contributed by atoms with Crippen molar-refractivity contribution in [2.24, 2.45) is 11.7 Å². The quantitative estimate of drug-likeness (QED) is 0.842. The highest BCUT2D eigenvalue weighted by molar-refractivity contribution is 5.34. The molecule has 0 spiro atoms. The lowest BCUT2D eigenvalue weighted by molar-refractivity contribution is 0.108. The summed E-state index contributed by atoms with van der Waals surface area (Å²) in [7, 11) is 0. The van der Waals surface area contributed by atoms with Crippen LogP contribution in [-0.4, -0.2) is 11.7 Å². The van der Waals surface area contributed by atoms with Gasteiger partial charge in [-0.2, -0.15) is 0 Å². The molecule has 3 N–H and O–H groups in total. The SMILES string of the molecule is CCC(CN)C(O)c1ccccc1C(C)(C)C. The Bertz CT molecular complexity index is 350. The minimum atomic E-state index is -0.458. The molecule has 0 heterocycles. The molecule has 1 rings (SSSR count). The van der Waals surface area contributed by atoms with Crippen molar-refractivity contribution in [2.45, 2.75) is 45.6 Å². The van der Waals surface area contributed by atoms with Crippen molar-refractivity contribution in [3.05, 3.63) is 35.4 Å². The fraction of sp³-hybridized carbons (Fsp3) is 0.600. The van der Waals surface area contributed by atoms with Gasteiger partial charge in [-0.15, -0.1) is 0 Å². The fourth-order valence-corrected chi connectivity index (χ4v) is 2.21. The molecule has 2 nitrogen and oxygen atoms in total. The van der Waals surface area contributed by atoms with E-state index in [-0.39, 0.29) is 11.3 Å². The average molecular weight is 235 g/mol. The van der Waals surface area contributed by atoms with Gasteiger partial charge in [0.05, 0.1) is 6.10 Å². The number of hydrogen-bond acceptors (Lipinski definition) is 2. The number of benzene rings is 1. The molecule has 2 atom stereocenters. The van der Waals surface area contributed by atoms with Crippen LogP contribution < -0.4 is 5.73 Å². The third-order valence-corrected chi connectivity index (χ3v) is 3.36. The van der Waals surface area contributed by atoms with Crippen LogP contribution in [0, 0.1) is 5.92 Å². The minimum Gasteiger partial charge on any atom is -0.388 e. The number of aliphatic hydroxyl groups is 1. The zero-order chi connectivity index (χ0) is 13.1. The molecular formula is C15H25NO. The van der Waals surface area contributed by atoms with Crippen molar-refractivity contribution < 1.29 is 5.11 Å². The van der Waals surface area contributed by atoms with Gasteiger partial charge in [-0.25, -0.2) is 0 Å². The summed E-state index contributed by atoms with van der Waals surface area (Å²) in [6.07, 6.45) is 0.441. The van der Waals surface area contributed by atoms with Gasteiger partial charge in [-0.1, -0.05) is 52.0 Å². The molecule has 0 aliphatic rings. The van der Waals surface area contributed by atoms with Crippen LogP contribution in [0.3, 0.4) is 0 Å². The van der Waals surface area contributed by atoms with Gasteiger partial charge in [-0.05, 0) is 29.5 Å². The van der Waals surface area contributed by atoms with Crippen LogP contribution in [0.2, 0.25) is 0 Å². The second kappa shape index (κ2) is 5.65. The van der Waals surface area contributed by atoms with E-state index in [4.69, 9.17) is 5.73 Å². The predicted molar refractivity (Wildman–Crippen MR) is 72.9 cm³/mol. The van der Waals surface area contributed by atoms with Crippen LogP contribution in [0.15, 0.2) is 24.3 Å². The molecule has 0 saturated carbocycles. The van der Waals surface area contributed by atoms with Gasteiger partial charge in [0.25, 0.3) is 0 Å². The molecule has 0 radical (unpaired) electrons. The predicted octanol–water partition coefficient (Wildman–Crippen LogP) is 3.00. The van der Waals surface area contributed by atoms with Gasteiger partial charge < -0.3 is 10.8 Å². The first-order valence-corrected chi connectivity index (χ1v) is 6.39. The van der Waals surface area contributed by atoms with E-state index in [1.54, 1.807) is 0 Å². The Morgan fingerprint density at radius 2 is 1.82 bits per heavy atom. The Morgan fingerprint density at radius 3 is 2.29 bits per heavy atom. The Hall–Kier alpha value is -0.860. The molecular weight excluding hydrogens is 210 g/mol. The normalized spacial score (nSPS) is 15.6. The third-order valence-electron chi connectivity index (χ3n) is 3.36. The lowest BCUT2D eigenvalue weighted by Crippen LogP contribution is -2.24. The van der Waals surface area contributed by atoms with Crippen molar-refractivity contribution in [1.29, 1.82) is 0 Å². The van der Waals surface area contributed by atoms with E-state index in [2.05, 4.69) is 33.8 Å². The Balaban J connectivity index is 3.13. The Morgan fingerprint density at radius 1 is 1.24 bits per heavy atom. The second-order valence-corrected chi connectivity index (χ2v) is 5.69. The lowest BCUT2D eigenvalue weighted by Gasteiger charge is -2.28. The smallest absolute Gasteiger partial charge is 0.0833 e. The van der Waals surface area contributed by atoms with Crippen LogP contribution >= 0.6 is 0 Å². The van der Waals surface area contributed by atoms with Crippen LogP contribution in [-0.2, 0) is 5.41 Å². The molecule has 17 heavy (non-hydrogen) atoms. The van der Waals surface area contributed by atoms with E-state index in [0.717, 1.165) is 12.0 Å². The van der Waals surface area contributed by atoms with E-state index in [1.165, 1.54) is 5.56 Å². The molecule has 0 saturated heterocycles. The average Bonchev–Trinajstić information content (AvgIpc) is 2.29. The van der Waals surface area contributed by atoms with Crippen molar-refractivity contribution in [2.75, 3.05) is 6.54 Å². The molecule has 0 bridgehead atoms. The maximum absolute atomic E-state index is 10.4. The minimum absolute atomic E-state index is 0.0461. The number of aliphatic hydroxyl groups excluding tert-OH is 1. The van der Waals surface area contributed by atoms with Crippen LogP contribution in [0.5, 0.6) is 0 Å². The highest BCUT2D eigenvalue weighted by atomic mass is 16.3. The second-order valence-electron chi connectivity index (χ2n) is 5.69. The summed E-state index contributed by atoms with van der Waals surface area (Å²) >= 11 is 0. The van der Waals surface area contributed by atoms with Crippen molar-refractivity contribution in [3.8, 4) is 0 Å². The largest absolute Gasteiger partial charge is 0.388 e. The first kappa shape index (κ1) is 14.2. The Labute approximate surface area is 105 Å². The van der Waals surface area contributed by atoms with E-state index < -0.39 is 6.10 Å². The molecule has 2 heteroatoms. The van der Waals surface area contributed by atoms with Gasteiger partial charge in [0.2, 0.25) is 0 Å². The van der Waals surface area contributed by atoms with Gasteiger partial charge in [0, 0.05) is 5.92 Å². The van der Waals surface area contributed by atoms with Gasteiger partial charge in [-0.3, -0.25) is 0 Å². The molecule has 0 fully saturated rings. The summed E-state index contributed by atoms with van der Waals surface area (Å²) in [6, 6.07) is 8.13. The number of hydrogen-bond donors (Lipinski definition) is 2. The summed E-state index contributed by atoms with van der Waals surface area (Å²) in [5.41, 5.74) is 8.00. The highest BCUT2D eigenvalue weighted by Gasteiger charge is 2.25. The van der Waals surface area contributed by atoms with Gasteiger partial charge in [0.1, 0.15) is 0 Å². The van der Waals surface area contributed by atoms with Gasteiger partial charge >= 0.3 is 0 Å². The number of rotatable bonds is 4. The van der Waals surface area contributed by atoms with E-state index in [1.807, 2.05) is 18.2 Å². The van der Waals surface area contributed by atoms with Crippen LogP contribution in [0.25, 0.3) is 0 Å². The fourth-order valence-electron chi connectivity index (χ4n) is 2.21. The maximum Gasteiger partial charge on any atom is 0.0833 e. The Kier molecular flexibility index (Phi) is 4.72. The van der Waals surface area contributed by atoms with E-state index in [9.17, 15) is 5.11 Å².